The average molecular weight is 252 g/mol. The first-order valence-corrected chi connectivity index (χ1v) is 5.55. The van der Waals surface area contributed by atoms with Gasteiger partial charge in [0.05, 0.1) is 11.5 Å². The minimum absolute atomic E-state index is 0.0276. The number of hydrogen-bond donors (Lipinski definition) is 2. The van der Waals surface area contributed by atoms with E-state index in [0.29, 0.717) is 5.56 Å². The first-order chi connectivity index (χ1) is 8.41. The second-order valence-electron chi connectivity index (χ2n) is 4.16. The van der Waals surface area contributed by atoms with Crippen LogP contribution in [0.2, 0.25) is 0 Å². The average Bonchev–Trinajstić information content (AvgIpc) is 2.24. The van der Waals surface area contributed by atoms with Crippen LogP contribution >= 0.6 is 0 Å². The molecule has 1 aromatic heterocycles. The summed E-state index contributed by atoms with van der Waals surface area (Å²) in [5.74, 6) is -0.124. The molecule has 0 atom stereocenters. The molecule has 0 unspecified atom stereocenters. The van der Waals surface area contributed by atoms with Crippen LogP contribution in [0.5, 0.6) is 0 Å². The zero-order valence-corrected chi connectivity index (χ0v) is 10.6. The molecule has 1 rings (SSSR count). The third kappa shape index (κ3) is 3.69. The lowest BCUT2D eigenvalue weighted by Gasteiger charge is -2.10. The van der Waals surface area contributed by atoms with Gasteiger partial charge in [0, 0.05) is 17.8 Å². The summed E-state index contributed by atoms with van der Waals surface area (Å²) in [6.45, 7) is 5.26. The van der Waals surface area contributed by atoms with Crippen LogP contribution in [0.1, 0.15) is 19.4 Å². The maximum atomic E-state index is 11.4. The van der Waals surface area contributed by atoms with Crippen LogP contribution in [0.4, 0.5) is 11.5 Å². The molecule has 0 bridgehead atoms. The second kappa shape index (κ2) is 5.95. The van der Waals surface area contributed by atoms with Crippen LogP contribution in [-0.4, -0.2) is 28.4 Å². The zero-order chi connectivity index (χ0) is 13.7. The summed E-state index contributed by atoms with van der Waals surface area (Å²) in [5.41, 5.74) is 0.400. The van der Waals surface area contributed by atoms with E-state index in [0.717, 1.165) is 0 Å². The summed E-state index contributed by atoms with van der Waals surface area (Å²) in [7, 11) is 0. The molecule has 7 nitrogen and oxygen atoms in total. The van der Waals surface area contributed by atoms with Gasteiger partial charge in [-0.25, -0.2) is 4.98 Å². The molecule has 1 heterocycles. The summed E-state index contributed by atoms with van der Waals surface area (Å²) in [6.07, 6.45) is 1.46. The predicted molar refractivity (Wildman–Crippen MR) is 67.4 cm³/mol. The van der Waals surface area contributed by atoms with Crippen molar-refractivity contribution in [2.24, 2.45) is 0 Å². The third-order valence-electron chi connectivity index (χ3n) is 2.17. The Balaban J connectivity index is 2.76. The number of rotatable bonds is 5. The van der Waals surface area contributed by atoms with Crippen LogP contribution < -0.4 is 10.6 Å². The molecule has 0 aliphatic rings. The van der Waals surface area contributed by atoms with Gasteiger partial charge < -0.3 is 10.6 Å². The standard InChI is InChI=1S/C11H16N4O3/c1-7(2)14-9(16)6-13-11-10(15(17)18)8(3)4-5-12-11/h4-5,7H,6H2,1-3H3,(H,12,13)(H,14,16). The molecule has 0 aromatic carbocycles. The van der Waals surface area contributed by atoms with Crippen molar-refractivity contribution in [3.8, 4) is 0 Å². The quantitative estimate of drug-likeness (QED) is 0.607. The highest BCUT2D eigenvalue weighted by molar-refractivity contribution is 5.81. The summed E-state index contributed by atoms with van der Waals surface area (Å²) >= 11 is 0. The van der Waals surface area contributed by atoms with Gasteiger partial charge >= 0.3 is 5.69 Å². The lowest BCUT2D eigenvalue weighted by Crippen LogP contribution is -2.35. The van der Waals surface area contributed by atoms with Crippen LogP contribution in [0, 0.1) is 17.0 Å². The molecule has 18 heavy (non-hydrogen) atoms. The molecule has 1 amide bonds. The fourth-order valence-electron chi connectivity index (χ4n) is 1.45. The number of nitro groups is 1. The lowest BCUT2D eigenvalue weighted by molar-refractivity contribution is -0.384. The number of aryl methyl sites for hydroxylation is 1. The van der Waals surface area contributed by atoms with Gasteiger partial charge in [0.1, 0.15) is 0 Å². The van der Waals surface area contributed by atoms with Crippen LogP contribution in [0.25, 0.3) is 0 Å². The van der Waals surface area contributed by atoms with Gasteiger partial charge in [-0.3, -0.25) is 14.9 Å². The van der Waals surface area contributed by atoms with E-state index in [4.69, 9.17) is 0 Å². The number of pyridine rings is 1. The molecule has 0 saturated heterocycles. The number of anilines is 1. The number of carbonyl (C=O) groups is 1. The SMILES string of the molecule is Cc1ccnc(NCC(=O)NC(C)C)c1[N+](=O)[O-]. The maximum Gasteiger partial charge on any atom is 0.314 e. The number of hydrogen-bond acceptors (Lipinski definition) is 5. The number of amides is 1. The second-order valence-corrected chi connectivity index (χ2v) is 4.16. The van der Waals surface area contributed by atoms with Crippen molar-refractivity contribution in [1.29, 1.82) is 0 Å². The third-order valence-corrected chi connectivity index (χ3v) is 2.17. The fraction of sp³-hybridized carbons (Fsp3) is 0.455. The van der Waals surface area contributed by atoms with Crippen LogP contribution in [0.15, 0.2) is 12.3 Å². The van der Waals surface area contributed by atoms with Gasteiger partial charge in [0.2, 0.25) is 11.7 Å². The largest absolute Gasteiger partial charge is 0.355 e. The van der Waals surface area contributed by atoms with E-state index in [1.54, 1.807) is 13.0 Å². The van der Waals surface area contributed by atoms with Gasteiger partial charge in [-0.15, -0.1) is 0 Å². The van der Waals surface area contributed by atoms with Gasteiger partial charge in [-0.1, -0.05) is 0 Å². The molecule has 0 aliphatic carbocycles. The summed E-state index contributed by atoms with van der Waals surface area (Å²) < 4.78 is 0. The van der Waals surface area contributed by atoms with Crippen molar-refractivity contribution in [2.45, 2.75) is 26.8 Å². The van der Waals surface area contributed by atoms with Gasteiger partial charge in [-0.05, 0) is 26.8 Å². The minimum Gasteiger partial charge on any atom is -0.355 e. The Labute approximate surface area is 105 Å². The van der Waals surface area contributed by atoms with Crippen molar-refractivity contribution in [2.75, 3.05) is 11.9 Å². The highest BCUT2D eigenvalue weighted by Gasteiger charge is 2.18. The first-order valence-electron chi connectivity index (χ1n) is 5.55. The molecule has 0 radical (unpaired) electrons. The molecule has 0 fully saturated rings. The molecule has 7 heteroatoms. The van der Waals surface area contributed by atoms with Gasteiger partial charge in [0.15, 0.2) is 0 Å². The van der Waals surface area contributed by atoms with E-state index in [9.17, 15) is 14.9 Å². The normalized spacial score (nSPS) is 10.2. The highest BCUT2D eigenvalue weighted by atomic mass is 16.6. The Morgan fingerprint density at radius 2 is 2.22 bits per heavy atom. The van der Waals surface area contributed by atoms with E-state index in [1.807, 2.05) is 13.8 Å². The van der Waals surface area contributed by atoms with Crippen molar-refractivity contribution in [3.63, 3.8) is 0 Å². The summed E-state index contributed by atoms with van der Waals surface area (Å²) in [6, 6.07) is 1.58. The summed E-state index contributed by atoms with van der Waals surface area (Å²) in [5, 5.41) is 16.2. The first kappa shape index (κ1) is 13.9. The van der Waals surface area contributed by atoms with Crippen molar-refractivity contribution in [3.05, 3.63) is 27.9 Å². The monoisotopic (exact) mass is 252 g/mol. The maximum absolute atomic E-state index is 11.4. The number of carbonyl (C=O) groups excluding carboxylic acids is 1. The number of aromatic nitrogens is 1. The Morgan fingerprint density at radius 1 is 1.56 bits per heavy atom. The highest BCUT2D eigenvalue weighted by Crippen LogP contribution is 2.24. The predicted octanol–water partition coefficient (Wildman–Crippen LogP) is 1.23. The molecular weight excluding hydrogens is 236 g/mol. The van der Waals surface area contributed by atoms with E-state index in [-0.39, 0.29) is 30.0 Å². The Bertz CT molecular complexity index is 460. The van der Waals surface area contributed by atoms with E-state index in [1.165, 1.54) is 6.20 Å². The Morgan fingerprint density at radius 3 is 2.78 bits per heavy atom. The molecule has 0 saturated carbocycles. The van der Waals surface area contributed by atoms with E-state index < -0.39 is 4.92 Å². The Kier molecular flexibility index (Phi) is 4.59. The van der Waals surface area contributed by atoms with Gasteiger partial charge in [-0.2, -0.15) is 0 Å². The zero-order valence-electron chi connectivity index (χ0n) is 10.6. The van der Waals surface area contributed by atoms with Gasteiger partial charge in [0.25, 0.3) is 0 Å². The smallest absolute Gasteiger partial charge is 0.314 e. The molecule has 1 aromatic rings. The topological polar surface area (TPSA) is 97.2 Å². The van der Waals surface area contributed by atoms with Crippen molar-refractivity contribution >= 4 is 17.4 Å². The molecule has 0 spiro atoms. The molecule has 98 valence electrons. The number of nitrogens with zero attached hydrogens (tertiary/aromatic N) is 2. The van der Waals surface area contributed by atoms with E-state index in [2.05, 4.69) is 15.6 Å². The van der Waals surface area contributed by atoms with Crippen molar-refractivity contribution < 1.29 is 9.72 Å². The molecular formula is C11H16N4O3. The fourth-order valence-corrected chi connectivity index (χ4v) is 1.45. The van der Waals surface area contributed by atoms with Crippen molar-refractivity contribution in [1.82, 2.24) is 10.3 Å². The number of nitrogens with one attached hydrogen (secondary N) is 2. The van der Waals surface area contributed by atoms with E-state index >= 15 is 0 Å². The van der Waals surface area contributed by atoms with Crippen LogP contribution in [0.3, 0.4) is 0 Å². The van der Waals surface area contributed by atoms with Crippen LogP contribution in [-0.2, 0) is 4.79 Å². The lowest BCUT2D eigenvalue weighted by atomic mass is 10.2. The minimum atomic E-state index is -0.509. The molecule has 2 N–H and O–H groups in total. The molecule has 0 aliphatic heterocycles. The Hall–Kier alpha value is -2.18. The summed E-state index contributed by atoms with van der Waals surface area (Å²) in [4.78, 5) is 25.7.